The van der Waals surface area contributed by atoms with Gasteiger partial charge in [0, 0.05) is 24.7 Å². The predicted octanol–water partition coefficient (Wildman–Crippen LogP) is 2.72. The van der Waals surface area contributed by atoms with E-state index in [1.807, 2.05) is 36.2 Å². The summed E-state index contributed by atoms with van der Waals surface area (Å²) in [7, 11) is 1.98. The van der Waals surface area contributed by atoms with Crippen molar-refractivity contribution in [2.75, 3.05) is 26.7 Å². The Balaban J connectivity index is 0.00000220. The second kappa shape index (κ2) is 8.90. The normalized spacial score (nSPS) is 15.4. The highest BCUT2D eigenvalue weighted by Crippen LogP contribution is 2.18. The molecular weight excluding hydrogens is 288 g/mol. The third-order valence-electron chi connectivity index (χ3n) is 3.74. The van der Waals surface area contributed by atoms with Crippen LogP contribution >= 0.6 is 12.4 Å². The fourth-order valence-corrected chi connectivity index (χ4v) is 2.49. The molecule has 21 heavy (non-hydrogen) atoms. The lowest BCUT2D eigenvalue weighted by atomic mass is 10.0. The number of carbonyl (C=O) groups excluding carboxylic acids is 1. The fraction of sp³-hybridized carbons (Fsp3) is 0.562. The van der Waals surface area contributed by atoms with Crippen LogP contribution in [0.3, 0.4) is 0 Å². The van der Waals surface area contributed by atoms with E-state index in [0.717, 1.165) is 43.7 Å². The Kier molecular flexibility index (Phi) is 7.54. The first-order valence-electron chi connectivity index (χ1n) is 7.44. The van der Waals surface area contributed by atoms with E-state index in [4.69, 9.17) is 4.74 Å². The first-order chi connectivity index (χ1) is 9.74. The molecule has 1 aliphatic heterocycles. The Hall–Kier alpha value is -1.26. The lowest BCUT2D eigenvalue weighted by Gasteiger charge is -2.31. The van der Waals surface area contributed by atoms with Crippen molar-refractivity contribution in [3.05, 3.63) is 29.8 Å². The Labute approximate surface area is 133 Å². The van der Waals surface area contributed by atoms with Crippen LogP contribution in [0.25, 0.3) is 0 Å². The molecule has 1 aliphatic rings. The molecule has 0 aromatic heterocycles. The number of benzene rings is 1. The lowest BCUT2D eigenvalue weighted by molar-refractivity contribution is 0.0707. The number of nitrogens with one attached hydrogen (secondary N) is 1. The molecule has 1 amide bonds. The van der Waals surface area contributed by atoms with Crippen LogP contribution in [0.15, 0.2) is 24.3 Å². The molecule has 0 radical (unpaired) electrons. The predicted molar refractivity (Wildman–Crippen MR) is 87.5 cm³/mol. The number of ether oxygens (including phenoxy) is 1. The molecule has 0 aliphatic carbocycles. The minimum absolute atomic E-state index is 0. The van der Waals surface area contributed by atoms with Crippen LogP contribution in [0.5, 0.6) is 5.75 Å². The van der Waals surface area contributed by atoms with Crippen LogP contribution in [-0.2, 0) is 0 Å². The van der Waals surface area contributed by atoms with Gasteiger partial charge in [0.05, 0.1) is 6.61 Å². The SMILES string of the molecule is CCCOc1cccc(C(=O)N2CCC(NC)CC2)c1.Cl. The highest BCUT2D eigenvalue weighted by Gasteiger charge is 2.22. The van der Waals surface area contributed by atoms with Gasteiger partial charge in [-0.15, -0.1) is 12.4 Å². The van der Waals surface area contributed by atoms with Crippen molar-refractivity contribution >= 4 is 18.3 Å². The largest absolute Gasteiger partial charge is 0.494 e. The lowest BCUT2D eigenvalue weighted by Crippen LogP contribution is -2.43. The van der Waals surface area contributed by atoms with Gasteiger partial charge in [-0.1, -0.05) is 13.0 Å². The molecule has 1 heterocycles. The van der Waals surface area contributed by atoms with E-state index in [1.54, 1.807) is 0 Å². The highest BCUT2D eigenvalue weighted by atomic mass is 35.5. The first kappa shape index (κ1) is 17.8. The zero-order valence-corrected chi connectivity index (χ0v) is 13.6. The maximum atomic E-state index is 12.5. The molecule has 0 saturated carbocycles. The summed E-state index contributed by atoms with van der Waals surface area (Å²) >= 11 is 0. The van der Waals surface area contributed by atoms with Crippen LogP contribution in [0, 0.1) is 0 Å². The molecule has 1 saturated heterocycles. The van der Waals surface area contributed by atoms with Gasteiger partial charge in [-0.05, 0) is 44.5 Å². The summed E-state index contributed by atoms with van der Waals surface area (Å²) in [4.78, 5) is 14.4. The van der Waals surface area contributed by atoms with Crippen LogP contribution < -0.4 is 10.1 Å². The van der Waals surface area contributed by atoms with Crippen molar-refractivity contribution < 1.29 is 9.53 Å². The van der Waals surface area contributed by atoms with Gasteiger partial charge in [0.25, 0.3) is 5.91 Å². The van der Waals surface area contributed by atoms with Crippen molar-refractivity contribution in [3.63, 3.8) is 0 Å². The second-order valence-electron chi connectivity index (χ2n) is 5.23. The molecule has 4 nitrogen and oxygen atoms in total. The summed E-state index contributed by atoms with van der Waals surface area (Å²) in [6.45, 7) is 4.40. The van der Waals surface area contributed by atoms with Crippen LogP contribution in [0.4, 0.5) is 0 Å². The maximum absolute atomic E-state index is 12.5. The molecule has 2 rings (SSSR count). The van der Waals surface area contributed by atoms with E-state index in [-0.39, 0.29) is 18.3 Å². The molecule has 1 aromatic rings. The monoisotopic (exact) mass is 312 g/mol. The number of hydrogen-bond acceptors (Lipinski definition) is 3. The summed E-state index contributed by atoms with van der Waals surface area (Å²) in [5.74, 6) is 0.893. The van der Waals surface area contributed by atoms with Crippen molar-refractivity contribution in [2.24, 2.45) is 0 Å². The quantitative estimate of drug-likeness (QED) is 0.909. The van der Waals surface area contributed by atoms with E-state index in [1.165, 1.54) is 0 Å². The van der Waals surface area contributed by atoms with Gasteiger partial charge in [-0.25, -0.2) is 0 Å². The third kappa shape index (κ3) is 4.90. The molecule has 0 spiro atoms. The van der Waals surface area contributed by atoms with Crippen molar-refractivity contribution in [3.8, 4) is 5.75 Å². The Bertz CT molecular complexity index is 446. The second-order valence-corrected chi connectivity index (χ2v) is 5.23. The van der Waals surface area contributed by atoms with Gasteiger partial charge >= 0.3 is 0 Å². The number of carbonyl (C=O) groups is 1. The van der Waals surface area contributed by atoms with Crippen LogP contribution in [0.1, 0.15) is 36.5 Å². The zero-order valence-electron chi connectivity index (χ0n) is 12.8. The topological polar surface area (TPSA) is 41.6 Å². The Morgan fingerprint density at radius 1 is 1.38 bits per heavy atom. The number of halogens is 1. The Morgan fingerprint density at radius 2 is 2.10 bits per heavy atom. The smallest absolute Gasteiger partial charge is 0.253 e. The summed E-state index contributed by atoms with van der Waals surface area (Å²) in [5.41, 5.74) is 0.724. The average molecular weight is 313 g/mol. The molecule has 0 atom stereocenters. The number of rotatable bonds is 5. The van der Waals surface area contributed by atoms with Gasteiger partial charge in [0.2, 0.25) is 0 Å². The van der Waals surface area contributed by atoms with Crippen molar-refractivity contribution in [1.29, 1.82) is 0 Å². The number of likely N-dealkylation sites (tertiary alicyclic amines) is 1. The van der Waals surface area contributed by atoms with Crippen molar-refractivity contribution in [1.82, 2.24) is 10.2 Å². The summed E-state index contributed by atoms with van der Waals surface area (Å²) in [6, 6.07) is 8.05. The molecule has 1 N–H and O–H groups in total. The summed E-state index contributed by atoms with van der Waals surface area (Å²) in [5, 5.41) is 3.28. The molecular formula is C16H25ClN2O2. The van der Waals surface area contributed by atoms with Gasteiger partial charge in [-0.2, -0.15) is 0 Å². The molecule has 0 unspecified atom stereocenters. The maximum Gasteiger partial charge on any atom is 0.253 e. The van der Waals surface area contributed by atoms with Crippen molar-refractivity contribution in [2.45, 2.75) is 32.2 Å². The van der Waals surface area contributed by atoms with Crippen LogP contribution in [0.2, 0.25) is 0 Å². The average Bonchev–Trinajstić information content (AvgIpc) is 2.52. The molecule has 5 heteroatoms. The molecule has 1 aromatic carbocycles. The minimum atomic E-state index is 0. The van der Waals surface area contributed by atoms with Crippen LogP contribution in [-0.4, -0.2) is 43.6 Å². The van der Waals surface area contributed by atoms with Gasteiger partial charge in [-0.3, -0.25) is 4.79 Å². The number of piperidine rings is 1. The summed E-state index contributed by atoms with van der Waals surface area (Å²) in [6.07, 6.45) is 3.01. The van der Waals surface area contributed by atoms with E-state index < -0.39 is 0 Å². The fourth-order valence-electron chi connectivity index (χ4n) is 2.49. The molecule has 1 fully saturated rings. The highest BCUT2D eigenvalue weighted by molar-refractivity contribution is 5.94. The van der Waals surface area contributed by atoms with E-state index in [9.17, 15) is 4.79 Å². The molecule has 0 bridgehead atoms. The number of hydrogen-bond donors (Lipinski definition) is 1. The first-order valence-corrected chi connectivity index (χ1v) is 7.44. The van der Waals surface area contributed by atoms with E-state index in [2.05, 4.69) is 12.2 Å². The van der Waals surface area contributed by atoms with E-state index in [0.29, 0.717) is 12.6 Å². The summed E-state index contributed by atoms with van der Waals surface area (Å²) < 4.78 is 5.59. The van der Waals surface area contributed by atoms with Gasteiger partial charge in [0.15, 0.2) is 0 Å². The standard InChI is InChI=1S/C16H24N2O2.ClH/c1-3-11-20-15-6-4-5-13(12-15)16(19)18-9-7-14(17-2)8-10-18;/h4-6,12,14,17H,3,7-11H2,1-2H3;1H. The Morgan fingerprint density at radius 3 is 2.71 bits per heavy atom. The minimum Gasteiger partial charge on any atom is -0.494 e. The van der Waals surface area contributed by atoms with E-state index >= 15 is 0 Å². The molecule has 118 valence electrons. The van der Waals surface area contributed by atoms with Gasteiger partial charge < -0.3 is 15.0 Å². The zero-order chi connectivity index (χ0) is 14.4. The number of nitrogens with zero attached hydrogens (tertiary/aromatic N) is 1. The third-order valence-corrected chi connectivity index (χ3v) is 3.74. The van der Waals surface area contributed by atoms with Gasteiger partial charge in [0.1, 0.15) is 5.75 Å². The number of amides is 1.